The molecular formula is C19H18N4O. The molecule has 2 aromatic heterocycles. The molecule has 0 unspecified atom stereocenters. The summed E-state index contributed by atoms with van der Waals surface area (Å²) < 4.78 is 1.95. The second-order valence-corrected chi connectivity index (χ2v) is 6.08. The zero-order valence-corrected chi connectivity index (χ0v) is 13.6. The number of carbonyl (C=O) groups excluding carboxylic acids is 1. The second kappa shape index (κ2) is 5.23. The molecule has 2 heterocycles. The molecular weight excluding hydrogens is 300 g/mol. The highest BCUT2D eigenvalue weighted by atomic mass is 16.1. The number of primary amides is 1. The van der Waals surface area contributed by atoms with E-state index in [-0.39, 0.29) is 12.5 Å². The van der Waals surface area contributed by atoms with E-state index in [1.54, 1.807) is 0 Å². The fourth-order valence-electron chi connectivity index (χ4n) is 3.38. The smallest absolute Gasteiger partial charge is 0.237 e. The van der Waals surface area contributed by atoms with Gasteiger partial charge in [0.1, 0.15) is 12.4 Å². The molecule has 0 bridgehead atoms. The second-order valence-electron chi connectivity index (χ2n) is 6.08. The maximum atomic E-state index is 11.5. The first kappa shape index (κ1) is 14.5. The third kappa shape index (κ3) is 2.09. The van der Waals surface area contributed by atoms with Crippen molar-refractivity contribution in [1.82, 2.24) is 14.5 Å². The number of aromatic nitrogens is 3. The highest BCUT2D eigenvalue weighted by molar-refractivity contribution is 5.98. The zero-order chi connectivity index (χ0) is 16.8. The standard InChI is InChI=1S/C19H18N4O/c1-11-6-5-8-14-18(11)22-19(21-14)17-12(2)23(10-16(20)24)15-9-4-3-7-13(15)17/h3-9H,10H2,1-2H3,(H2,20,24)(H,21,22). The van der Waals surface area contributed by atoms with Crippen LogP contribution in [0, 0.1) is 13.8 Å². The van der Waals surface area contributed by atoms with Crippen molar-refractivity contribution in [2.24, 2.45) is 5.73 Å². The number of nitrogens with zero attached hydrogens (tertiary/aromatic N) is 2. The number of rotatable bonds is 3. The van der Waals surface area contributed by atoms with E-state index in [1.165, 1.54) is 0 Å². The van der Waals surface area contributed by atoms with Crippen molar-refractivity contribution in [3.8, 4) is 11.4 Å². The number of nitrogens with one attached hydrogen (secondary N) is 1. The lowest BCUT2D eigenvalue weighted by Crippen LogP contribution is -2.19. The molecule has 3 N–H and O–H groups in total. The van der Waals surface area contributed by atoms with E-state index >= 15 is 0 Å². The topological polar surface area (TPSA) is 76.7 Å². The number of fused-ring (bicyclic) bond motifs is 2. The van der Waals surface area contributed by atoms with Crippen LogP contribution in [0.5, 0.6) is 0 Å². The van der Waals surface area contributed by atoms with E-state index in [4.69, 9.17) is 10.7 Å². The molecule has 0 atom stereocenters. The third-order valence-corrected chi connectivity index (χ3v) is 4.51. The first-order valence-corrected chi connectivity index (χ1v) is 7.88. The Bertz CT molecular complexity index is 1090. The Labute approximate surface area is 139 Å². The minimum absolute atomic E-state index is 0.158. The minimum Gasteiger partial charge on any atom is -0.368 e. The van der Waals surface area contributed by atoms with Crippen molar-refractivity contribution in [3.63, 3.8) is 0 Å². The average molecular weight is 318 g/mol. The third-order valence-electron chi connectivity index (χ3n) is 4.51. The van der Waals surface area contributed by atoms with E-state index in [1.807, 2.05) is 41.8 Å². The summed E-state index contributed by atoms with van der Waals surface area (Å²) in [6.45, 7) is 4.22. The van der Waals surface area contributed by atoms with Gasteiger partial charge in [0.15, 0.2) is 0 Å². The van der Waals surface area contributed by atoms with Gasteiger partial charge >= 0.3 is 0 Å². The van der Waals surface area contributed by atoms with E-state index in [0.29, 0.717) is 0 Å². The van der Waals surface area contributed by atoms with Crippen LogP contribution in [-0.2, 0) is 11.3 Å². The number of aromatic amines is 1. The molecule has 0 saturated carbocycles. The van der Waals surface area contributed by atoms with E-state index in [9.17, 15) is 4.79 Å². The van der Waals surface area contributed by atoms with Crippen LogP contribution in [0.1, 0.15) is 11.3 Å². The van der Waals surface area contributed by atoms with Gasteiger partial charge in [0.2, 0.25) is 5.91 Å². The summed E-state index contributed by atoms with van der Waals surface area (Å²) in [6, 6.07) is 14.1. The summed E-state index contributed by atoms with van der Waals surface area (Å²) in [6.07, 6.45) is 0. The molecule has 1 amide bonds. The number of carbonyl (C=O) groups is 1. The van der Waals surface area contributed by atoms with Gasteiger partial charge in [0.05, 0.1) is 11.0 Å². The lowest BCUT2D eigenvalue weighted by Gasteiger charge is -2.05. The van der Waals surface area contributed by atoms with Crippen LogP contribution in [-0.4, -0.2) is 20.4 Å². The summed E-state index contributed by atoms with van der Waals surface area (Å²) in [5.74, 6) is 0.460. The molecule has 0 fully saturated rings. The summed E-state index contributed by atoms with van der Waals surface area (Å²) in [7, 11) is 0. The van der Waals surface area contributed by atoms with Gasteiger partial charge in [0, 0.05) is 22.2 Å². The highest BCUT2D eigenvalue weighted by Gasteiger charge is 2.19. The van der Waals surface area contributed by atoms with E-state index < -0.39 is 0 Å². The number of H-pyrrole nitrogens is 1. The Morgan fingerprint density at radius 1 is 1.17 bits per heavy atom. The molecule has 0 aliphatic heterocycles. The van der Waals surface area contributed by atoms with Crippen LogP contribution in [0.4, 0.5) is 0 Å². The van der Waals surface area contributed by atoms with Crippen LogP contribution in [0.3, 0.4) is 0 Å². The molecule has 0 radical (unpaired) electrons. The molecule has 120 valence electrons. The van der Waals surface area contributed by atoms with Crippen LogP contribution in [0.2, 0.25) is 0 Å². The van der Waals surface area contributed by atoms with E-state index in [0.717, 1.165) is 44.6 Å². The van der Waals surface area contributed by atoms with Gasteiger partial charge in [0.25, 0.3) is 0 Å². The maximum absolute atomic E-state index is 11.5. The van der Waals surface area contributed by atoms with Crippen LogP contribution >= 0.6 is 0 Å². The number of benzene rings is 2. The van der Waals surface area contributed by atoms with Crippen LogP contribution < -0.4 is 5.73 Å². The molecule has 0 aliphatic rings. The fourth-order valence-corrected chi connectivity index (χ4v) is 3.38. The molecule has 24 heavy (non-hydrogen) atoms. The Hall–Kier alpha value is -3.08. The maximum Gasteiger partial charge on any atom is 0.237 e. The molecule has 5 nitrogen and oxygen atoms in total. The van der Waals surface area contributed by atoms with Gasteiger partial charge in [-0.15, -0.1) is 0 Å². The van der Waals surface area contributed by atoms with Gasteiger partial charge in [-0.3, -0.25) is 4.79 Å². The lowest BCUT2D eigenvalue weighted by atomic mass is 10.1. The zero-order valence-electron chi connectivity index (χ0n) is 13.6. The monoisotopic (exact) mass is 318 g/mol. The SMILES string of the molecule is Cc1cccc2nc(-c3c(C)n(CC(N)=O)c4ccccc34)[nH]c12. The van der Waals surface area contributed by atoms with Gasteiger partial charge in [-0.05, 0) is 31.5 Å². The molecule has 4 aromatic rings. The summed E-state index contributed by atoms with van der Waals surface area (Å²) in [4.78, 5) is 19.7. The highest BCUT2D eigenvalue weighted by Crippen LogP contribution is 2.34. The predicted octanol–water partition coefficient (Wildman–Crippen LogP) is 3.29. The molecule has 2 aromatic carbocycles. The average Bonchev–Trinajstić information content (AvgIpc) is 3.08. The molecule has 0 saturated heterocycles. The van der Waals surface area contributed by atoms with Crippen molar-refractivity contribution in [2.75, 3.05) is 0 Å². The Morgan fingerprint density at radius 2 is 1.96 bits per heavy atom. The van der Waals surface area contributed by atoms with Crippen LogP contribution in [0.15, 0.2) is 42.5 Å². The normalized spacial score (nSPS) is 11.4. The Kier molecular flexibility index (Phi) is 3.16. The largest absolute Gasteiger partial charge is 0.368 e. The molecule has 4 rings (SSSR count). The summed E-state index contributed by atoms with van der Waals surface area (Å²) in [5.41, 5.74) is 11.6. The first-order chi connectivity index (χ1) is 11.6. The predicted molar refractivity (Wildman–Crippen MR) is 95.7 cm³/mol. The number of hydrogen-bond acceptors (Lipinski definition) is 2. The molecule has 0 aliphatic carbocycles. The number of nitrogens with two attached hydrogens (primary N) is 1. The number of aryl methyl sites for hydroxylation is 1. The van der Waals surface area contributed by atoms with Crippen molar-refractivity contribution >= 4 is 27.8 Å². The quantitative estimate of drug-likeness (QED) is 0.608. The van der Waals surface area contributed by atoms with Crippen LogP contribution in [0.25, 0.3) is 33.3 Å². The Balaban J connectivity index is 2.03. The fraction of sp³-hybridized carbons (Fsp3) is 0.158. The summed E-state index contributed by atoms with van der Waals surface area (Å²) in [5, 5.41) is 1.06. The lowest BCUT2D eigenvalue weighted by molar-refractivity contribution is -0.118. The van der Waals surface area contributed by atoms with Gasteiger partial charge in [-0.2, -0.15) is 0 Å². The molecule has 0 spiro atoms. The minimum atomic E-state index is -0.356. The van der Waals surface area contributed by atoms with Crippen molar-refractivity contribution < 1.29 is 4.79 Å². The van der Waals surface area contributed by atoms with Gasteiger partial charge in [-0.1, -0.05) is 30.3 Å². The Morgan fingerprint density at radius 3 is 2.71 bits per heavy atom. The number of para-hydroxylation sites is 2. The van der Waals surface area contributed by atoms with Gasteiger partial charge < -0.3 is 15.3 Å². The van der Waals surface area contributed by atoms with Crippen molar-refractivity contribution in [3.05, 3.63) is 53.7 Å². The molecule has 5 heteroatoms. The summed E-state index contributed by atoms with van der Waals surface area (Å²) >= 11 is 0. The number of amides is 1. The number of imidazole rings is 1. The van der Waals surface area contributed by atoms with Crippen molar-refractivity contribution in [2.45, 2.75) is 20.4 Å². The number of hydrogen-bond donors (Lipinski definition) is 2. The van der Waals surface area contributed by atoms with E-state index in [2.05, 4.69) is 24.0 Å². The van der Waals surface area contributed by atoms with Gasteiger partial charge in [-0.25, -0.2) is 4.98 Å². The first-order valence-electron chi connectivity index (χ1n) is 7.88. The van der Waals surface area contributed by atoms with Crippen molar-refractivity contribution in [1.29, 1.82) is 0 Å².